The molecule has 3 rings (SSSR count). The van der Waals surface area contributed by atoms with Gasteiger partial charge in [0.1, 0.15) is 15.8 Å². The Hall–Kier alpha value is -0.670. The van der Waals surface area contributed by atoms with Gasteiger partial charge in [-0.1, -0.05) is 18.5 Å². The van der Waals surface area contributed by atoms with E-state index < -0.39 is 0 Å². The molecule has 2 heterocycles. The van der Waals surface area contributed by atoms with Crippen LogP contribution in [0.25, 0.3) is 10.2 Å². The molecule has 0 bridgehead atoms. The normalized spacial score (nSPS) is 24.0. The van der Waals surface area contributed by atoms with Crippen LogP contribution in [-0.4, -0.2) is 9.97 Å². The van der Waals surface area contributed by atoms with Gasteiger partial charge in [-0.3, -0.25) is 0 Å². The first-order chi connectivity index (χ1) is 8.56. The van der Waals surface area contributed by atoms with E-state index in [1.807, 2.05) is 0 Å². The first kappa shape index (κ1) is 12.4. The number of hydrogen-bond acceptors (Lipinski definition) is 3. The van der Waals surface area contributed by atoms with Gasteiger partial charge in [0.25, 0.3) is 0 Å². The van der Waals surface area contributed by atoms with Crippen LogP contribution in [0.1, 0.15) is 48.4 Å². The lowest BCUT2D eigenvalue weighted by Gasteiger charge is -2.08. The molecule has 0 radical (unpaired) electrons. The molecule has 2 unspecified atom stereocenters. The fourth-order valence-electron chi connectivity index (χ4n) is 2.84. The lowest BCUT2D eigenvalue weighted by Crippen LogP contribution is -2.01. The summed E-state index contributed by atoms with van der Waals surface area (Å²) < 4.78 is 0. The third-order valence-electron chi connectivity index (χ3n) is 4.06. The van der Waals surface area contributed by atoms with Crippen LogP contribution in [0.3, 0.4) is 0 Å². The van der Waals surface area contributed by atoms with Crippen molar-refractivity contribution in [3.8, 4) is 0 Å². The highest BCUT2D eigenvalue weighted by molar-refractivity contribution is 7.18. The Balaban J connectivity index is 2.10. The summed E-state index contributed by atoms with van der Waals surface area (Å²) in [6, 6.07) is 0. The zero-order valence-corrected chi connectivity index (χ0v) is 12.5. The van der Waals surface area contributed by atoms with Crippen molar-refractivity contribution in [3.05, 3.63) is 21.4 Å². The molecule has 1 aliphatic carbocycles. The lowest BCUT2D eigenvalue weighted by atomic mass is 10.1. The zero-order valence-electron chi connectivity index (χ0n) is 11.0. The number of fused-ring (bicyclic) bond motifs is 1. The summed E-state index contributed by atoms with van der Waals surface area (Å²) in [6.45, 7) is 6.52. The summed E-state index contributed by atoms with van der Waals surface area (Å²) >= 11 is 8.08. The van der Waals surface area contributed by atoms with Gasteiger partial charge in [-0.15, -0.1) is 11.3 Å². The maximum Gasteiger partial charge on any atom is 0.141 e. The van der Waals surface area contributed by atoms with Crippen molar-refractivity contribution < 1.29 is 0 Å². The number of aryl methyl sites for hydroxylation is 2. The van der Waals surface area contributed by atoms with Gasteiger partial charge < -0.3 is 0 Å². The van der Waals surface area contributed by atoms with E-state index in [1.165, 1.54) is 29.7 Å². The number of rotatable bonds is 1. The van der Waals surface area contributed by atoms with Gasteiger partial charge >= 0.3 is 0 Å². The Morgan fingerprint density at radius 1 is 1.22 bits per heavy atom. The van der Waals surface area contributed by atoms with E-state index >= 15 is 0 Å². The minimum Gasteiger partial charge on any atom is -0.222 e. The second kappa shape index (κ2) is 4.46. The Bertz CT molecular complexity index is 605. The largest absolute Gasteiger partial charge is 0.222 e. The molecule has 0 saturated heterocycles. The monoisotopic (exact) mass is 280 g/mol. The summed E-state index contributed by atoms with van der Waals surface area (Å²) in [4.78, 5) is 11.7. The molecule has 1 aliphatic rings. The molecule has 2 aromatic rings. The highest BCUT2D eigenvalue weighted by atomic mass is 35.5. The minimum atomic E-state index is 0.504. The molecule has 0 aliphatic heterocycles. The minimum absolute atomic E-state index is 0.504. The molecule has 1 fully saturated rings. The number of nitrogens with zero attached hydrogens (tertiary/aromatic N) is 2. The lowest BCUT2D eigenvalue weighted by molar-refractivity contribution is 0.586. The second-order valence-corrected chi connectivity index (χ2v) is 7.01. The standard InChI is InChI=1S/C14H17ClN2S/c1-7-4-5-10(6-7)13-16-12(15)11-8(2)9(3)18-14(11)17-13/h7,10H,4-6H2,1-3H3. The van der Waals surface area contributed by atoms with E-state index in [0.29, 0.717) is 11.1 Å². The quantitative estimate of drug-likeness (QED) is 0.697. The van der Waals surface area contributed by atoms with Gasteiger partial charge in [-0.25, -0.2) is 9.97 Å². The maximum atomic E-state index is 6.35. The molecule has 2 atom stereocenters. The smallest absolute Gasteiger partial charge is 0.141 e. The van der Waals surface area contributed by atoms with Crippen LogP contribution in [0.5, 0.6) is 0 Å². The van der Waals surface area contributed by atoms with Crippen molar-refractivity contribution in [1.29, 1.82) is 0 Å². The van der Waals surface area contributed by atoms with Crippen molar-refractivity contribution in [2.75, 3.05) is 0 Å². The maximum absolute atomic E-state index is 6.35. The van der Waals surface area contributed by atoms with E-state index in [-0.39, 0.29) is 0 Å². The van der Waals surface area contributed by atoms with Crippen LogP contribution in [0.2, 0.25) is 5.15 Å². The van der Waals surface area contributed by atoms with Crippen molar-refractivity contribution in [2.24, 2.45) is 5.92 Å². The van der Waals surface area contributed by atoms with Crippen molar-refractivity contribution in [1.82, 2.24) is 9.97 Å². The van der Waals surface area contributed by atoms with Crippen molar-refractivity contribution >= 4 is 33.2 Å². The third-order valence-corrected chi connectivity index (χ3v) is 5.44. The molecule has 0 aromatic carbocycles. The average molecular weight is 281 g/mol. The number of thiophene rings is 1. The topological polar surface area (TPSA) is 25.8 Å². The van der Waals surface area contributed by atoms with Crippen LogP contribution in [0.15, 0.2) is 0 Å². The molecular weight excluding hydrogens is 264 g/mol. The summed E-state index contributed by atoms with van der Waals surface area (Å²) in [7, 11) is 0. The fraction of sp³-hybridized carbons (Fsp3) is 0.571. The molecule has 0 spiro atoms. The van der Waals surface area contributed by atoms with Crippen LogP contribution >= 0.6 is 22.9 Å². The van der Waals surface area contributed by atoms with Crippen LogP contribution < -0.4 is 0 Å². The third kappa shape index (κ3) is 1.94. The summed E-state index contributed by atoms with van der Waals surface area (Å²) in [5, 5.41) is 1.69. The van der Waals surface area contributed by atoms with E-state index in [4.69, 9.17) is 16.6 Å². The number of halogens is 1. The van der Waals surface area contributed by atoms with Gasteiger partial charge in [0.05, 0.1) is 5.39 Å². The van der Waals surface area contributed by atoms with Gasteiger partial charge in [0.2, 0.25) is 0 Å². The van der Waals surface area contributed by atoms with Gasteiger partial charge in [-0.2, -0.15) is 0 Å². The molecule has 18 heavy (non-hydrogen) atoms. The van der Waals surface area contributed by atoms with Crippen LogP contribution in [0, 0.1) is 19.8 Å². The summed E-state index contributed by atoms with van der Waals surface area (Å²) in [5.74, 6) is 2.25. The fourth-order valence-corrected chi connectivity index (χ4v) is 4.25. The van der Waals surface area contributed by atoms with Crippen LogP contribution in [0.4, 0.5) is 0 Å². The second-order valence-electron chi connectivity index (χ2n) is 5.45. The molecular formula is C14H17ClN2S. The van der Waals surface area contributed by atoms with Gasteiger partial charge in [0, 0.05) is 10.8 Å². The predicted molar refractivity (Wildman–Crippen MR) is 77.7 cm³/mol. The summed E-state index contributed by atoms with van der Waals surface area (Å²) in [6.07, 6.45) is 3.68. The van der Waals surface area contributed by atoms with Crippen molar-refractivity contribution in [3.63, 3.8) is 0 Å². The van der Waals surface area contributed by atoms with Gasteiger partial charge in [-0.05, 0) is 44.6 Å². The molecule has 96 valence electrons. The Kier molecular flexibility index (Phi) is 3.07. The first-order valence-electron chi connectivity index (χ1n) is 6.49. The number of aromatic nitrogens is 2. The van der Waals surface area contributed by atoms with Gasteiger partial charge in [0.15, 0.2) is 0 Å². The molecule has 1 saturated carbocycles. The predicted octanol–water partition coefficient (Wildman–Crippen LogP) is 4.87. The summed E-state index contributed by atoms with van der Waals surface area (Å²) in [5.41, 5.74) is 1.23. The Morgan fingerprint density at radius 2 is 2.00 bits per heavy atom. The van der Waals surface area contributed by atoms with E-state index in [1.54, 1.807) is 11.3 Å². The molecule has 2 aromatic heterocycles. The molecule has 0 N–H and O–H groups in total. The SMILES string of the molecule is Cc1sc2nc(C3CCC(C)C3)nc(Cl)c2c1C. The van der Waals surface area contributed by atoms with Crippen LogP contribution in [-0.2, 0) is 0 Å². The zero-order chi connectivity index (χ0) is 12.9. The highest BCUT2D eigenvalue weighted by Gasteiger charge is 2.26. The van der Waals surface area contributed by atoms with E-state index in [9.17, 15) is 0 Å². The van der Waals surface area contributed by atoms with E-state index in [0.717, 1.165) is 22.0 Å². The molecule has 0 amide bonds. The number of hydrogen-bond donors (Lipinski definition) is 0. The average Bonchev–Trinajstić information content (AvgIpc) is 2.85. The Labute approximate surface area is 116 Å². The molecule has 4 heteroatoms. The Morgan fingerprint density at radius 3 is 2.67 bits per heavy atom. The van der Waals surface area contributed by atoms with Crippen molar-refractivity contribution in [2.45, 2.75) is 46.0 Å². The highest BCUT2D eigenvalue weighted by Crippen LogP contribution is 2.39. The van der Waals surface area contributed by atoms with E-state index in [2.05, 4.69) is 25.8 Å². The molecule has 2 nitrogen and oxygen atoms in total. The first-order valence-corrected chi connectivity index (χ1v) is 7.69.